The van der Waals surface area contributed by atoms with Gasteiger partial charge in [0.25, 0.3) is 0 Å². The van der Waals surface area contributed by atoms with Crippen LogP contribution in [0.1, 0.15) is 6.42 Å². The lowest BCUT2D eigenvalue weighted by Gasteiger charge is -2.14. The molecule has 4 nitrogen and oxygen atoms in total. The Morgan fingerprint density at radius 1 is 1.29 bits per heavy atom. The highest BCUT2D eigenvalue weighted by Gasteiger charge is 2.31. The van der Waals surface area contributed by atoms with Gasteiger partial charge in [-0.1, -0.05) is 39.1 Å². The molecule has 1 aliphatic rings. The highest BCUT2D eigenvalue weighted by Crippen LogP contribution is 2.34. The molecule has 17 heavy (non-hydrogen) atoms. The number of carbonyl (C=O) groups excluding carboxylic acids is 2. The van der Waals surface area contributed by atoms with Crippen molar-refractivity contribution in [3.63, 3.8) is 0 Å². The average molecular weight is 338 g/mol. The molecule has 1 atom stereocenters. The Balaban J connectivity index is 2.25. The number of benzene rings is 1. The minimum Gasteiger partial charge on any atom is -0.371 e. The van der Waals surface area contributed by atoms with E-state index in [0.717, 1.165) is 4.47 Å². The number of anilines is 1. The maximum Gasteiger partial charge on any atom is 0.249 e. The van der Waals surface area contributed by atoms with Crippen molar-refractivity contribution < 1.29 is 9.59 Å². The second-order valence-electron chi connectivity index (χ2n) is 3.56. The average Bonchev–Trinajstić information content (AvgIpc) is 2.51. The Hall–Kier alpha value is -0.780. The van der Waals surface area contributed by atoms with E-state index in [2.05, 4.69) is 26.6 Å². The minimum absolute atomic E-state index is 0.0849. The molecule has 1 saturated heterocycles. The van der Waals surface area contributed by atoms with Crippen molar-refractivity contribution in [3.05, 3.63) is 26.7 Å². The SMILES string of the molecule is O=C1CC(Nc2c(Cl)cc(Br)cc2Cl)C(=O)N1. The molecule has 1 aromatic rings. The van der Waals surface area contributed by atoms with Crippen LogP contribution < -0.4 is 10.6 Å². The lowest BCUT2D eigenvalue weighted by atomic mass is 10.2. The van der Waals surface area contributed by atoms with Gasteiger partial charge in [-0.3, -0.25) is 14.9 Å². The van der Waals surface area contributed by atoms with E-state index in [9.17, 15) is 9.59 Å². The molecule has 0 saturated carbocycles. The fourth-order valence-corrected chi connectivity index (χ4v) is 2.84. The molecular formula is C10H7BrCl2N2O2. The van der Waals surface area contributed by atoms with Crippen LogP contribution in [0.5, 0.6) is 0 Å². The van der Waals surface area contributed by atoms with Crippen LogP contribution in [-0.2, 0) is 9.59 Å². The summed E-state index contributed by atoms with van der Waals surface area (Å²) in [7, 11) is 0. The Morgan fingerprint density at radius 2 is 1.88 bits per heavy atom. The molecule has 0 aliphatic carbocycles. The summed E-state index contributed by atoms with van der Waals surface area (Å²) in [5, 5.41) is 5.84. The third-order valence-corrected chi connectivity index (χ3v) is 3.35. The maximum atomic E-state index is 11.4. The van der Waals surface area contributed by atoms with Crippen molar-refractivity contribution in [1.29, 1.82) is 0 Å². The van der Waals surface area contributed by atoms with Gasteiger partial charge in [-0.05, 0) is 12.1 Å². The van der Waals surface area contributed by atoms with Crippen LogP contribution in [0.25, 0.3) is 0 Å². The first-order valence-electron chi connectivity index (χ1n) is 4.72. The molecule has 1 fully saturated rings. The van der Waals surface area contributed by atoms with E-state index >= 15 is 0 Å². The van der Waals surface area contributed by atoms with Gasteiger partial charge in [0, 0.05) is 4.47 Å². The number of hydrogen-bond donors (Lipinski definition) is 2. The minimum atomic E-state index is -0.626. The van der Waals surface area contributed by atoms with Crippen molar-refractivity contribution in [3.8, 4) is 0 Å². The number of rotatable bonds is 2. The lowest BCUT2D eigenvalue weighted by Crippen LogP contribution is -2.30. The third-order valence-electron chi connectivity index (χ3n) is 2.29. The fourth-order valence-electron chi connectivity index (χ4n) is 1.52. The van der Waals surface area contributed by atoms with E-state index in [1.54, 1.807) is 12.1 Å². The summed E-state index contributed by atoms with van der Waals surface area (Å²) in [6.45, 7) is 0. The van der Waals surface area contributed by atoms with Gasteiger partial charge >= 0.3 is 0 Å². The van der Waals surface area contributed by atoms with E-state index in [0.29, 0.717) is 15.7 Å². The predicted molar refractivity (Wildman–Crippen MR) is 69.3 cm³/mol. The molecular weight excluding hydrogens is 331 g/mol. The van der Waals surface area contributed by atoms with Crippen molar-refractivity contribution in [2.24, 2.45) is 0 Å². The van der Waals surface area contributed by atoms with Gasteiger partial charge in [-0.15, -0.1) is 0 Å². The van der Waals surface area contributed by atoms with Gasteiger partial charge in [-0.2, -0.15) is 0 Å². The summed E-state index contributed by atoms with van der Waals surface area (Å²) in [6.07, 6.45) is 0.0849. The van der Waals surface area contributed by atoms with Crippen LogP contribution in [0.15, 0.2) is 16.6 Å². The van der Waals surface area contributed by atoms with E-state index < -0.39 is 6.04 Å². The van der Waals surface area contributed by atoms with Gasteiger partial charge in [-0.25, -0.2) is 0 Å². The normalized spacial score (nSPS) is 19.4. The first kappa shape index (κ1) is 12.7. The molecule has 2 amide bonds. The van der Waals surface area contributed by atoms with E-state index in [-0.39, 0.29) is 18.2 Å². The molecule has 2 rings (SSSR count). The maximum absolute atomic E-state index is 11.4. The van der Waals surface area contributed by atoms with Crippen molar-refractivity contribution in [2.45, 2.75) is 12.5 Å². The topological polar surface area (TPSA) is 58.2 Å². The lowest BCUT2D eigenvalue weighted by molar-refractivity contribution is -0.124. The van der Waals surface area contributed by atoms with Crippen LogP contribution in [-0.4, -0.2) is 17.9 Å². The summed E-state index contributed by atoms with van der Waals surface area (Å²) in [6, 6.07) is 2.69. The molecule has 0 bridgehead atoms. The molecule has 0 aromatic heterocycles. The molecule has 0 spiro atoms. The number of hydrogen-bond acceptors (Lipinski definition) is 3. The van der Waals surface area contributed by atoms with E-state index in [1.807, 2.05) is 0 Å². The fraction of sp³-hybridized carbons (Fsp3) is 0.200. The smallest absolute Gasteiger partial charge is 0.249 e. The van der Waals surface area contributed by atoms with Crippen LogP contribution in [0.3, 0.4) is 0 Å². The number of imide groups is 1. The highest BCUT2D eigenvalue weighted by molar-refractivity contribution is 9.10. The zero-order valence-electron chi connectivity index (χ0n) is 8.39. The first-order valence-corrected chi connectivity index (χ1v) is 6.27. The number of nitrogens with one attached hydrogen (secondary N) is 2. The van der Waals surface area contributed by atoms with Crippen molar-refractivity contribution >= 4 is 56.6 Å². The first-order chi connectivity index (χ1) is 7.97. The van der Waals surface area contributed by atoms with Crippen molar-refractivity contribution in [2.75, 3.05) is 5.32 Å². The third kappa shape index (κ3) is 2.73. The standard InChI is InChI=1S/C10H7BrCl2N2O2/c11-4-1-5(12)9(6(13)2-4)14-7-3-8(16)15-10(7)17/h1-2,7,14H,3H2,(H,15,16,17). The molecule has 1 unspecified atom stereocenters. The van der Waals surface area contributed by atoms with Gasteiger partial charge in [0.15, 0.2) is 0 Å². The van der Waals surface area contributed by atoms with Gasteiger partial charge in [0.05, 0.1) is 22.2 Å². The van der Waals surface area contributed by atoms with Crippen LogP contribution in [0, 0.1) is 0 Å². The van der Waals surface area contributed by atoms with Gasteiger partial charge in [0.1, 0.15) is 6.04 Å². The molecule has 1 heterocycles. The Labute approximate surface area is 116 Å². The number of amides is 2. The van der Waals surface area contributed by atoms with E-state index in [4.69, 9.17) is 23.2 Å². The summed E-state index contributed by atoms with van der Waals surface area (Å²) in [5.74, 6) is -0.679. The Morgan fingerprint density at radius 3 is 2.35 bits per heavy atom. The van der Waals surface area contributed by atoms with E-state index in [1.165, 1.54) is 0 Å². The molecule has 1 aliphatic heterocycles. The summed E-state index contributed by atoms with van der Waals surface area (Å²) in [4.78, 5) is 22.4. The largest absolute Gasteiger partial charge is 0.371 e. The van der Waals surface area contributed by atoms with Gasteiger partial charge in [0.2, 0.25) is 11.8 Å². The van der Waals surface area contributed by atoms with Crippen LogP contribution in [0.2, 0.25) is 10.0 Å². The molecule has 0 radical (unpaired) electrons. The van der Waals surface area contributed by atoms with Crippen LogP contribution in [0.4, 0.5) is 5.69 Å². The zero-order valence-corrected chi connectivity index (χ0v) is 11.5. The van der Waals surface area contributed by atoms with Crippen molar-refractivity contribution in [1.82, 2.24) is 5.32 Å². The van der Waals surface area contributed by atoms with Crippen LogP contribution >= 0.6 is 39.1 Å². The second-order valence-corrected chi connectivity index (χ2v) is 5.29. The summed E-state index contributed by atoms with van der Waals surface area (Å²) in [5.41, 5.74) is 0.450. The summed E-state index contributed by atoms with van der Waals surface area (Å²) >= 11 is 15.3. The Kier molecular flexibility index (Phi) is 3.61. The predicted octanol–water partition coefficient (Wildman–Crippen LogP) is 2.58. The second kappa shape index (κ2) is 4.84. The molecule has 7 heteroatoms. The monoisotopic (exact) mass is 336 g/mol. The molecule has 1 aromatic carbocycles. The molecule has 90 valence electrons. The quantitative estimate of drug-likeness (QED) is 0.815. The molecule has 2 N–H and O–H groups in total. The highest BCUT2D eigenvalue weighted by atomic mass is 79.9. The number of halogens is 3. The Bertz CT molecular complexity index is 484. The zero-order chi connectivity index (χ0) is 12.6. The van der Waals surface area contributed by atoms with Gasteiger partial charge < -0.3 is 5.32 Å². The summed E-state index contributed by atoms with van der Waals surface area (Å²) < 4.78 is 0.741. The number of carbonyl (C=O) groups is 2.